The van der Waals surface area contributed by atoms with Gasteiger partial charge in [0.1, 0.15) is 0 Å². The minimum absolute atomic E-state index is 0.671. The molecule has 1 heterocycles. The van der Waals surface area contributed by atoms with Gasteiger partial charge in [0.05, 0.1) is 10.2 Å². The van der Waals surface area contributed by atoms with Gasteiger partial charge in [-0.05, 0) is 30.4 Å². The summed E-state index contributed by atoms with van der Waals surface area (Å²) in [6, 6.07) is 6.63. The predicted molar refractivity (Wildman–Crippen MR) is 97.6 cm³/mol. The smallest absolute Gasteiger partial charge is 0.181 e. The molecule has 0 saturated heterocycles. The fourth-order valence-corrected chi connectivity index (χ4v) is 4.56. The third-order valence-electron chi connectivity index (χ3n) is 5.01. The molecule has 1 aliphatic carbocycles. The van der Waals surface area contributed by atoms with E-state index in [-0.39, 0.29) is 0 Å². The predicted octanol–water partition coefficient (Wildman–Crippen LogP) is 6.27. The van der Waals surface area contributed by atoms with E-state index in [1.54, 1.807) is 11.3 Å². The zero-order chi connectivity index (χ0) is 15.2. The molecule has 2 nitrogen and oxygen atoms in total. The molecule has 0 bridgehead atoms. The summed E-state index contributed by atoms with van der Waals surface area (Å²) in [7, 11) is 0. The largest absolute Gasteiger partial charge is 0.375 e. The molecular formula is C19H28N2S. The Labute approximate surface area is 138 Å². The van der Waals surface area contributed by atoms with Gasteiger partial charge in [-0.3, -0.25) is 0 Å². The van der Waals surface area contributed by atoms with Gasteiger partial charge in [0.2, 0.25) is 0 Å². The summed E-state index contributed by atoms with van der Waals surface area (Å²) >= 11 is 1.62. The Kier molecular flexibility index (Phi) is 5.71. The Hall–Kier alpha value is -1.09. The summed E-state index contributed by atoms with van der Waals surface area (Å²) in [5.41, 5.74) is 8.55. The van der Waals surface area contributed by atoms with Gasteiger partial charge in [-0.15, -0.1) is 0 Å². The van der Waals surface area contributed by atoms with E-state index in [1.165, 1.54) is 86.4 Å². The van der Waals surface area contributed by atoms with Crippen LogP contribution < -0.4 is 5.73 Å². The number of aromatic nitrogens is 1. The average Bonchev–Trinajstić information content (AvgIpc) is 2.88. The van der Waals surface area contributed by atoms with Crippen molar-refractivity contribution in [2.75, 3.05) is 5.73 Å². The number of hydrogen-bond acceptors (Lipinski definition) is 3. The molecule has 0 amide bonds. The number of para-hydroxylation sites is 1. The van der Waals surface area contributed by atoms with Crippen LogP contribution in [-0.4, -0.2) is 4.98 Å². The van der Waals surface area contributed by atoms with Crippen LogP contribution in [0.2, 0.25) is 0 Å². The molecule has 3 heteroatoms. The van der Waals surface area contributed by atoms with Crippen LogP contribution in [0.4, 0.5) is 5.13 Å². The highest BCUT2D eigenvalue weighted by Gasteiger charge is 2.16. The van der Waals surface area contributed by atoms with Crippen molar-refractivity contribution >= 4 is 26.7 Å². The first-order valence-corrected chi connectivity index (χ1v) is 9.81. The van der Waals surface area contributed by atoms with Gasteiger partial charge < -0.3 is 5.73 Å². The number of benzene rings is 1. The van der Waals surface area contributed by atoms with Gasteiger partial charge in [0.25, 0.3) is 0 Å². The lowest BCUT2D eigenvalue weighted by atomic mass is 9.87. The molecule has 2 N–H and O–H groups in total. The normalized spacial score (nSPS) is 19.6. The minimum Gasteiger partial charge on any atom is -0.375 e. The van der Waals surface area contributed by atoms with E-state index in [4.69, 9.17) is 5.73 Å². The molecule has 1 aliphatic rings. The molecule has 0 spiro atoms. The van der Waals surface area contributed by atoms with E-state index in [2.05, 4.69) is 23.2 Å². The molecule has 22 heavy (non-hydrogen) atoms. The van der Waals surface area contributed by atoms with Crippen LogP contribution in [0, 0.1) is 0 Å². The van der Waals surface area contributed by atoms with Crippen molar-refractivity contribution in [1.29, 1.82) is 0 Å². The highest BCUT2D eigenvalue weighted by atomic mass is 32.1. The lowest BCUT2D eigenvalue weighted by Crippen LogP contribution is -2.01. The molecule has 3 rings (SSSR count). The zero-order valence-corrected chi connectivity index (χ0v) is 14.3. The molecule has 0 unspecified atom stereocenters. The average molecular weight is 317 g/mol. The van der Waals surface area contributed by atoms with Crippen LogP contribution in [0.3, 0.4) is 0 Å². The molecule has 120 valence electrons. The fraction of sp³-hybridized carbons (Fsp3) is 0.632. The van der Waals surface area contributed by atoms with E-state index in [0.29, 0.717) is 11.0 Å². The summed E-state index contributed by atoms with van der Waals surface area (Å²) in [5.74, 6) is 0.671. The summed E-state index contributed by atoms with van der Waals surface area (Å²) in [6.07, 6.45) is 15.3. The highest BCUT2D eigenvalue weighted by molar-refractivity contribution is 7.22. The maximum Gasteiger partial charge on any atom is 0.181 e. The van der Waals surface area contributed by atoms with Gasteiger partial charge in [-0.1, -0.05) is 81.3 Å². The Morgan fingerprint density at radius 3 is 2.09 bits per heavy atom. The Morgan fingerprint density at radius 2 is 1.45 bits per heavy atom. The van der Waals surface area contributed by atoms with E-state index in [9.17, 15) is 0 Å². The number of anilines is 1. The third-order valence-corrected chi connectivity index (χ3v) is 5.86. The third kappa shape index (κ3) is 4.01. The quantitative estimate of drug-likeness (QED) is 0.673. The molecule has 0 aliphatic heterocycles. The van der Waals surface area contributed by atoms with Crippen LogP contribution in [-0.2, 0) is 0 Å². The molecule has 1 aromatic carbocycles. The summed E-state index contributed by atoms with van der Waals surface area (Å²) in [4.78, 5) is 4.61. The maximum atomic E-state index is 5.94. The molecule has 1 saturated carbocycles. The first-order chi connectivity index (χ1) is 10.8. The molecule has 1 fully saturated rings. The maximum absolute atomic E-state index is 5.94. The number of nitrogen functional groups attached to an aromatic ring is 1. The van der Waals surface area contributed by atoms with Crippen molar-refractivity contribution in [3.63, 3.8) is 0 Å². The van der Waals surface area contributed by atoms with Gasteiger partial charge in [0.15, 0.2) is 5.13 Å². The highest BCUT2D eigenvalue weighted by Crippen LogP contribution is 2.36. The number of nitrogens with zero attached hydrogens (tertiary/aromatic N) is 1. The lowest BCUT2D eigenvalue weighted by Gasteiger charge is -2.19. The molecule has 2 aromatic rings. The van der Waals surface area contributed by atoms with Crippen LogP contribution in [0.1, 0.15) is 82.1 Å². The monoisotopic (exact) mass is 316 g/mol. The van der Waals surface area contributed by atoms with E-state index < -0.39 is 0 Å². The lowest BCUT2D eigenvalue weighted by molar-refractivity contribution is 0.468. The van der Waals surface area contributed by atoms with Crippen LogP contribution in [0.5, 0.6) is 0 Å². The Morgan fingerprint density at radius 1 is 0.864 bits per heavy atom. The SMILES string of the molecule is Nc1nc2c(C3CCCCCCCCCCC3)cccc2s1. The standard InChI is InChI=1S/C19H28N2S/c20-19-21-18-16(13-10-14-17(18)22-19)15-11-8-6-4-2-1-3-5-7-9-12-15/h10,13-15H,1-9,11-12H2,(H2,20,21). The second-order valence-corrected chi connectivity index (χ2v) is 7.76. The van der Waals surface area contributed by atoms with Gasteiger partial charge in [-0.2, -0.15) is 0 Å². The van der Waals surface area contributed by atoms with Crippen molar-refractivity contribution in [3.05, 3.63) is 23.8 Å². The zero-order valence-electron chi connectivity index (χ0n) is 13.5. The fourth-order valence-electron chi connectivity index (χ4n) is 3.79. The van der Waals surface area contributed by atoms with E-state index in [0.717, 1.165) is 0 Å². The molecule has 1 aromatic heterocycles. The van der Waals surface area contributed by atoms with Gasteiger partial charge in [-0.25, -0.2) is 4.98 Å². The van der Waals surface area contributed by atoms with Crippen molar-refractivity contribution in [2.45, 2.75) is 76.5 Å². The molecule has 0 atom stereocenters. The van der Waals surface area contributed by atoms with E-state index in [1.807, 2.05) is 0 Å². The Balaban J connectivity index is 1.78. The number of rotatable bonds is 1. The summed E-state index contributed by atoms with van der Waals surface area (Å²) in [5, 5.41) is 0.704. The summed E-state index contributed by atoms with van der Waals surface area (Å²) in [6.45, 7) is 0. The topological polar surface area (TPSA) is 38.9 Å². The van der Waals surface area contributed by atoms with Crippen molar-refractivity contribution in [2.24, 2.45) is 0 Å². The number of fused-ring (bicyclic) bond motifs is 1. The number of nitrogens with two attached hydrogens (primary N) is 1. The molecule has 0 radical (unpaired) electrons. The second-order valence-electron chi connectivity index (χ2n) is 6.70. The van der Waals surface area contributed by atoms with E-state index >= 15 is 0 Å². The van der Waals surface area contributed by atoms with Gasteiger partial charge in [0, 0.05) is 0 Å². The van der Waals surface area contributed by atoms with Crippen LogP contribution >= 0.6 is 11.3 Å². The first-order valence-electron chi connectivity index (χ1n) is 8.99. The van der Waals surface area contributed by atoms with Crippen molar-refractivity contribution in [3.8, 4) is 0 Å². The van der Waals surface area contributed by atoms with Crippen LogP contribution in [0.25, 0.3) is 10.2 Å². The Bertz CT molecular complexity index is 578. The number of thiazole rings is 1. The first kappa shape index (κ1) is 15.8. The number of hydrogen-bond donors (Lipinski definition) is 1. The minimum atomic E-state index is 0.671. The van der Waals surface area contributed by atoms with Crippen LogP contribution in [0.15, 0.2) is 18.2 Å². The molecular weight excluding hydrogens is 288 g/mol. The second kappa shape index (κ2) is 7.96. The van der Waals surface area contributed by atoms with Gasteiger partial charge >= 0.3 is 0 Å². The van der Waals surface area contributed by atoms with Crippen molar-refractivity contribution < 1.29 is 0 Å². The van der Waals surface area contributed by atoms with Crippen molar-refractivity contribution in [1.82, 2.24) is 4.98 Å². The summed E-state index contributed by atoms with van der Waals surface area (Å²) < 4.78 is 1.25.